The van der Waals surface area contributed by atoms with Crippen molar-refractivity contribution >= 4 is 18.0 Å². The summed E-state index contributed by atoms with van der Waals surface area (Å²) >= 11 is 0. The van der Waals surface area contributed by atoms with E-state index >= 15 is 0 Å². The van der Waals surface area contributed by atoms with Gasteiger partial charge in [-0.1, -0.05) is 54.6 Å². The summed E-state index contributed by atoms with van der Waals surface area (Å²) in [5.41, 5.74) is 4.05. The maximum Gasteiger partial charge on any atom is 0.341 e. The average molecular weight is 393 g/mol. The Morgan fingerprint density at radius 1 is 1.24 bits per heavy atom. The normalized spacial score (nSPS) is 13.4. The lowest BCUT2D eigenvalue weighted by Crippen LogP contribution is -2.38. The van der Waals surface area contributed by atoms with Crippen molar-refractivity contribution in [3.8, 4) is 0 Å². The molecular formula is C23H27N3O3. The SMILES string of the molecule is CNC(=O)N(O)CC=Cc1ccc2c(c1)CCN(CCCc1ccccc1)C2=O. The van der Waals surface area contributed by atoms with Crippen molar-refractivity contribution < 1.29 is 14.8 Å². The van der Waals surface area contributed by atoms with E-state index in [1.165, 1.54) is 12.6 Å². The van der Waals surface area contributed by atoms with E-state index in [1.807, 2.05) is 47.4 Å². The first kappa shape index (κ1) is 20.6. The van der Waals surface area contributed by atoms with Gasteiger partial charge in [0.15, 0.2) is 0 Å². The minimum absolute atomic E-state index is 0.0882. The van der Waals surface area contributed by atoms with Gasteiger partial charge in [-0.3, -0.25) is 10.0 Å². The number of benzene rings is 2. The van der Waals surface area contributed by atoms with E-state index < -0.39 is 6.03 Å². The number of urea groups is 1. The highest BCUT2D eigenvalue weighted by atomic mass is 16.5. The van der Waals surface area contributed by atoms with Gasteiger partial charge >= 0.3 is 6.03 Å². The molecule has 0 saturated carbocycles. The molecule has 0 fully saturated rings. The first-order chi connectivity index (χ1) is 14.1. The average Bonchev–Trinajstić information content (AvgIpc) is 2.75. The van der Waals surface area contributed by atoms with Crippen molar-refractivity contribution in [3.63, 3.8) is 0 Å². The molecular weight excluding hydrogens is 366 g/mol. The van der Waals surface area contributed by atoms with E-state index in [0.29, 0.717) is 5.06 Å². The Labute approximate surface area is 171 Å². The number of carbonyl (C=O) groups is 2. The van der Waals surface area contributed by atoms with Gasteiger partial charge in [-0.25, -0.2) is 9.86 Å². The van der Waals surface area contributed by atoms with Crippen LogP contribution in [0.3, 0.4) is 0 Å². The van der Waals surface area contributed by atoms with Crippen LogP contribution in [0.15, 0.2) is 54.6 Å². The molecule has 6 heteroatoms. The molecule has 0 radical (unpaired) electrons. The van der Waals surface area contributed by atoms with Crippen molar-refractivity contribution in [1.82, 2.24) is 15.3 Å². The first-order valence-electron chi connectivity index (χ1n) is 9.89. The molecule has 3 rings (SSSR count). The van der Waals surface area contributed by atoms with Crippen LogP contribution in [-0.2, 0) is 12.8 Å². The number of rotatable bonds is 7. The third-order valence-corrected chi connectivity index (χ3v) is 5.07. The molecule has 1 heterocycles. The fourth-order valence-corrected chi connectivity index (χ4v) is 3.49. The Kier molecular flexibility index (Phi) is 7.03. The van der Waals surface area contributed by atoms with Crippen LogP contribution in [0.2, 0.25) is 0 Å². The highest BCUT2D eigenvalue weighted by Gasteiger charge is 2.23. The number of hydrogen-bond acceptors (Lipinski definition) is 3. The number of amides is 3. The van der Waals surface area contributed by atoms with Crippen molar-refractivity contribution in [2.24, 2.45) is 0 Å². The standard InChI is InChI=1S/C23H27N3O3/c1-24-23(28)26(29)15-6-10-19-11-12-21-20(17-19)13-16-25(22(21)27)14-5-9-18-7-3-2-4-8-18/h2-4,6-8,10-12,17,29H,5,9,13-16H2,1H3,(H,24,28). The summed E-state index contributed by atoms with van der Waals surface area (Å²) in [4.78, 5) is 26.0. The van der Waals surface area contributed by atoms with Gasteiger partial charge in [-0.05, 0) is 42.0 Å². The maximum absolute atomic E-state index is 12.8. The number of nitrogens with one attached hydrogen (secondary N) is 1. The number of aryl methyl sites for hydroxylation is 1. The molecule has 1 aliphatic heterocycles. The van der Waals surface area contributed by atoms with Gasteiger partial charge in [0, 0.05) is 25.7 Å². The minimum atomic E-state index is -0.557. The van der Waals surface area contributed by atoms with Gasteiger partial charge < -0.3 is 10.2 Å². The fraction of sp³-hybridized carbons (Fsp3) is 0.304. The molecule has 1 aliphatic rings. The largest absolute Gasteiger partial charge is 0.341 e. The van der Waals surface area contributed by atoms with Crippen LogP contribution in [-0.4, -0.2) is 53.8 Å². The van der Waals surface area contributed by atoms with Gasteiger partial charge in [0.2, 0.25) is 0 Å². The van der Waals surface area contributed by atoms with Gasteiger partial charge in [0.25, 0.3) is 5.91 Å². The first-order valence-corrected chi connectivity index (χ1v) is 9.89. The second-order valence-electron chi connectivity index (χ2n) is 7.09. The molecule has 0 bridgehead atoms. The lowest BCUT2D eigenvalue weighted by molar-refractivity contribution is -0.0318. The fourth-order valence-electron chi connectivity index (χ4n) is 3.49. The Bertz CT molecular complexity index is 880. The number of nitrogens with zero attached hydrogens (tertiary/aromatic N) is 2. The van der Waals surface area contributed by atoms with Gasteiger partial charge in [-0.15, -0.1) is 0 Å². The van der Waals surface area contributed by atoms with Crippen LogP contribution in [0, 0.1) is 0 Å². The summed E-state index contributed by atoms with van der Waals surface area (Å²) in [5.74, 6) is 0.0935. The summed E-state index contributed by atoms with van der Waals surface area (Å²) in [6.07, 6.45) is 6.30. The van der Waals surface area contributed by atoms with E-state index in [2.05, 4.69) is 17.4 Å². The summed E-state index contributed by atoms with van der Waals surface area (Å²) in [5, 5.41) is 12.5. The van der Waals surface area contributed by atoms with Crippen LogP contribution < -0.4 is 5.32 Å². The Morgan fingerprint density at radius 2 is 2.03 bits per heavy atom. The lowest BCUT2D eigenvalue weighted by Gasteiger charge is -2.29. The van der Waals surface area contributed by atoms with E-state index in [4.69, 9.17) is 0 Å². The predicted molar refractivity (Wildman–Crippen MR) is 113 cm³/mol. The number of carbonyl (C=O) groups excluding carboxylic acids is 2. The lowest BCUT2D eigenvalue weighted by atomic mass is 9.96. The van der Waals surface area contributed by atoms with Crippen LogP contribution in [0.25, 0.3) is 6.08 Å². The topological polar surface area (TPSA) is 72.9 Å². The second-order valence-corrected chi connectivity index (χ2v) is 7.09. The Morgan fingerprint density at radius 3 is 2.79 bits per heavy atom. The van der Waals surface area contributed by atoms with Crippen LogP contribution >= 0.6 is 0 Å². The molecule has 2 N–H and O–H groups in total. The summed E-state index contributed by atoms with van der Waals surface area (Å²) in [6, 6.07) is 15.5. The van der Waals surface area contributed by atoms with Crippen molar-refractivity contribution in [1.29, 1.82) is 0 Å². The van der Waals surface area contributed by atoms with Gasteiger partial charge in [0.05, 0.1) is 6.54 Å². The van der Waals surface area contributed by atoms with Crippen molar-refractivity contribution in [2.45, 2.75) is 19.3 Å². The predicted octanol–water partition coefficient (Wildman–Crippen LogP) is 3.36. The number of fused-ring (bicyclic) bond motifs is 1. The van der Waals surface area contributed by atoms with Crippen molar-refractivity contribution in [2.75, 3.05) is 26.7 Å². The van der Waals surface area contributed by atoms with Crippen molar-refractivity contribution in [3.05, 3.63) is 76.9 Å². The van der Waals surface area contributed by atoms with E-state index in [-0.39, 0.29) is 12.5 Å². The highest BCUT2D eigenvalue weighted by Crippen LogP contribution is 2.21. The van der Waals surface area contributed by atoms with Crippen LogP contribution in [0.5, 0.6) is 0 Å². The maximum atomic E-state index is 12.8. The number of hydrogen-bond donors (Lipinski definition) is 2. The van der Waals surface area contributed by atoms with E-state index in [0.717, 1.165) is 49.0 Å². The second kappa shape index (κ2) is 9.89. The smallest absolute Gasteiger partial charge is 0.339 e. The molecule has 0 aromatic heterocycles. The van der Waals surface area contributed by atoms with E-state index in [9.17, 15) is 14.8 Å². The van der Waals surface area contributed by atoms with Gasteiger partial charge in [-0.2, -0.15) is 0 Å². The Hall–Kier alpha value is -3.12. The summed E-state index contributed by atoms with van der Waals surface area (Å²) in [7, 11) is 1.46. The highest BCUT2D eigenvalue weighted by molar-refractivity contribution is 5.97. The zero-order valence-corrected chi connectivity index (χ0v) is 16.7. The molecule has 0 spiro atoms. The minimum Gasteiger partial charge on any atom is -0.339 e. The molecule has 6 nitrogen and oxygen atoms in total. The van der Waals surface area contributed by atoms with Crippen LogP contribution in [0.4, 0.5) is 4.79 Å². The van der Waals surface area contributed by atoms with Gasteiger partial charge in [0.1, 0.15) is 0 Å². The molecule has 29 heavy (non-hydrogen) atoms. The molecule has 0 atom stereocenters. The molecule has 0 unspecified atom stereocenters. The third-order valence-electron chi connectivity index (χ3n) is 5.07. The molecule has 2 aromatic rings. The Balaban J connectivity index is 1.56. The quantitative estimate of drug-likeness (QED) is 0.560. The zero-order valence-electron chi connectivity index (χ0n) is 16.7. The molecule has 2 aromatic carbocycles. The monoisotopic (exact) mass is 393 g/mol. The van der Waals surface area contributed by atoms with E-state index in [1.54, 1.807) is 6.08 Å². The van der Waals surface area contributed by atoms with Crippen LogP contribution in [0.1, 0.15) is 33.5 Å². The molecule has 0 aliphatic carbocycles. The summed E-state index contributed by atoms with van der Waals surface area (Å²) < 4.78 is 0. The molecule has 3 amide bonds. The summed E-state index contributed by atoms with van der Waals surface area (Å²) in [6.45, 7) is 1.58. The third kappa shape index (κ3) is 5.45. The number of hydroxylamine groups is 2. The zero-order chi connectivity index (χ0) is 20.6. The molecule has 0 saturated heterocycles. The molecule has 152 valence electrons.